The van der Waals surface area contributed by atoms with Crippen molar-refractivity contribution < 1.29 is 9.90 Å². The molecule has 1 aliphatic heterocycles. The molecule has 0 aromatic carbocycles. The number of rotatable bonds is 4. The number of aryl methyl sites for hydroxylation is 2. The van der Waals surface area contributed by atoms with Gasteiger partial charge in [-0.15, -0.1) is 0 Å². The molecule has 168 valence electrons. The molecule has 4 heterocycles. The van der Waals surface area contributed by atoms with Crippen LogP contribution in [0, 0.1) is 13.8 Å². The van der Waals surface area contributed by atoms with Crippen molar-refractivity contribution in [2.75, 3.05) is 31.1 Å². The van der Waals surface area contributed by atoms with Crippen LogP contribution in [0.25, 0.3) is 5.82 Å². The zero-order valence-corrected chi connectivity index (χ0v) is 18.8. The molecule has 0 radical (unpaired) electrons. The smallest absolute Gasteiger partial charge is 0.334 e. The number of imidazole rings is 1. The van der Waals surface area contributed by atoms with Gasteiger partial charge in [0, 0.05) is 38.6 Å². The quantitative estimate of drug-likeness (QED) is 0.650. The van der Waals surface area contributed by atoms with E-state index in [1.807, 2.05) is 31.9 Å². The molecule has 0 unspecified atom stereocenters. The van der Waals surface area contributed by atoms with Crippen LogP contribution in [0.1, 0.15) is 46.9 Å². The highest BCUT2D eigenvalue weighted by Gasteiger charge is 2.24. The summed E-state index contributed by atoms with van der Waals surface area (Å²) in [6.45, 7) is 10.5. The first kappa shape index (κ1) is 21.6. The summed E-state index contributed by atoms with van der Waals surface area (Å²) in [4.78, 5) is 40.5. The van der Waals surface area contributed by atoms with Gasteiger partial charge in [0.25, 0.3) is 5.91 Å². The number of aromatic hydroxyl groups is 1. The maximum atomic E-state index is 13.0. The fourth-order valence-corrected chi connectivity index (χ4v) is 4.18. The van der Waals surface area contributed by atoms with E-state index in [1.165, 1.54) is 10.8 Å². The van der Waals surface area contributed by atoms with E-state index < -0.39 is 5.69 Å². The number of carbonyl (C=O) groups is 1. The second kappa shape index (κ2) is 8.49. The zero-order chi connectivity index (χ0) is 23.0. The van der Waals surface area contributed by atoms with Gasteiger partial charge in [-0.3, -0.25) is 9.78 Å². The number of pyridine rings is 2. The molecule has 1 aliphatic rings. The molecule has 0 spiro atoms. The fourth-order valence-electron chi connectivity index (χ4n) is 4.18. The average molecular weight is 437 g/mol. The van der Waals surface area contributed by atoms with E-state index in [2.05, 4.69) is 32.8 Å². The Balaban J connectivity index is 1.47. The Bertz CT molecular complexity index is 1190. The molecule has 9 nitrogen and oxygen atoms in total. The standard InChI is InChI=1S/C23H28N6O3/c1-14(2)19-21(30)26-23(32)29(19)18-6-5-17(13-24-18)22(31)28-9-7-27(8-10-28)20-16(4)11-15(3)12-25-20/h5-6,11-14,30H,7-10H2,1-4H3,(H,26,32). The molecular weight excluding hydrogens is 408 g/mol. The minimum absolute atomic E-state index is 0.0833. The van der Waals surface area contributed by atoms with E-state index in [9.17, 15) is 14.7 Å². The highest BCUT2D eigenvalue weighted by atomic mass is 16.3. The van der Waals surface area contributed by atoms with E-state index in [0.29, 0.717) is 43.3 Å². The Morgan fingerprint density at radius 2 is 1.81 bits per heavy atom. The van der Waals surface area contributed by atoms with Gasteiger partial charge in [0.1, 0.15) is 11.6 Å². The highest BCUT2D eigenvalue weighted by molar-refractivity contribution is 5.94. The number of hydrogen-bond donors (Lipinski definition) is 2. The third-order valence-corrected chi connectivity index (χ3v) is 5.74. The van der Waals surface area contributed by atoms with Crippen molar-refractivity contribution in [2.24, 2.45) is 0 Å². The predicted molar refractivity (Wildman–Crippen MR) is 122 cm³/mol. The Morgan fingerprint density at radius 3 is 2.41 bits per heavy atom. The monoisotopic (exact) mass is 436 g/mol. The number of hydrogen-bond acceptors (Lipinski definition) is 6. The molecule has 3 aromatic rings. The minimum atomic E-state index is -0.464. The Morgan fingerprint density at radius 1 is 1.09 bits per heavy atom. The molecular formula is C23H28N6O3. The summed E-state index contributed by atoms with van der Waals surface area (Å²) in [6, 6.07) is 5.42. The molecule has 9 heteroatoms. The number of piperazine rings is 1. The lowest BCUT2D eigenvalue weighted by Gasteiger charge is -2.36. The van der Waals surface area contributed by atoms with E-state index in [4.69, 9.17) is 0 Å². The molecule has 0 saturated carbocycles. The number of anilines is 1. The van der Waals surface area contributed by atoms with Crippen LogP contribution in [-0.2, 0) is 0 Å². The fraction of sp³-hybridized carbons (Fsp3) is 0.391. The van der Waals surface area contributed by atoms with Crippen LogP contribution >= 0.6 is 0 Å². The van der Waals surface area contributed by atoms with E-state index in [1.54, 1.807) is 12.1 Å². The van der Waals surface area contributed by atoms with Crippen molar-refractivity contribution in [3.05, 3.63) is 63.5 Å². The molecule has 3 aromatic heterocycles. The molecule has 0 atom stereocenters. The maximum absolute atomic E-state index is 13.0. The molecule has 1 saturated heterocycles. The van der Waals surface area contributed by atoms with Crippen molar-refractivity contribution >= 4 is 11.7 Å². The lowest BCUT2D eigenvalue weighted by atomic mass is 10.1. The molecule has 1 amide bonds. The number of nitrogens with zero attached hydrogens (tertiary/aromatic N) is 5. The molecule has 0 bridgehead atoms. The van der Waals surface area contributed by atoms with Crippen molar-refractivity contribution in [3.8, 4) is 11.7 Å². The van der Waals surface area contributed by atoms with E-state index in [0.717, 1.165) is 16.9 Å². The van der Waals surface area contributed by atoms with Crippen LogP contribution in [0.15, 0.2) is 35.4 Å². The van der Waals surface area contributed by atoms with Crippen LogP contribution in [0.5, 0.6) is 5.88 Å². The summed E-state index contributed by atoms with van der Waals surface area (Å²) in [5.74, 6) is 0.987. The number of H-pyrrole nitrogens is 1. The lowest BCUT2D eigenvalue weighted by molar-refractivity contribution is 0.0746. The van der Waals surface area contributed by atoms with Crippen LogP contribution < -0.4 is 10.6 Å². The van der Waals surface area contributed by atoms with E-state index >= 15 is 0 Å². The maximum Gasteiger partial charge on any atom is 0.334 e. The second-order valence-corrected chi connectivity index (χ2v) is 8.49. The Kier molecular flexibility index (Phi) is 5.73. The first-order chi connectivity index (χ1) is 15.3. The summed E-state index contributed by atoms with van der Waals surface area (Å²) >= 11 is 0. The normalized spacial score (nSPS) is 14.3. The summed E-state index contributed by atoms with van der Waals surface area (Å²) in [5, 5.41) is 10.0. The van der Waals surface area contributed by atoms with Crippen molar-refractivity contribution in [1.82, 2.24) is 24.4 Å². The molecule has 1 fully saturated rings. The zero-order valence-electron chi connectivity index (χ0n) is 18.8. The van der Waals surface area contributed by atoms with Crippen LogP contribution in [0.4, 0.5) is 5.82 Å². The largest absolute Gasteiger partial charge is 0.493 e. The van der Waals surface area contributed by atoms with Crippen LogP contribution in [0.3, 0.4) is 0 Å². The summed E-state index contributed by atoms with van der Waals surface area (Å²) in [6.07, 6.45) is 3.35. The SMILES string of the molecule is Cc1cnc(N2CCN(C(=O)c3ccc(-n4c(C(C)C)c(O)[nH]c4=O)nc3)CC2)c(C)c1. The number of nitrogens with one attached hydrogen (secondary N) is 1. The van der Waals surface area contributed by atoms with Crippen molar-refractivity contribution in [3.63, 3.8) is 0 Å². The summed E-state index contributed by atoms with van der Waals surface area (Å²) < 4.78 is 1.34. The molecule has 0 aliphatic carbocycles. The number of amides is 1. The van der Waals surface area contributed by atoms with Crippen molar-refractivity contribution in [1.29, 1.82) is 0 Å². The minimum Gasteiger partial charge on any atom is -0.493 e. The van der Waals surface area contributed by atoms with Crippen LogP contribution in [-0.4, -0.2) is 61.6 Å². The Labute approximate surface area is 186 Å². The first-order valence-corrected chi connectivity index (χ1v) is 10.7. The second-order valence-electron chi connectivity index (χ2n) is 8.49. The molecule has 4 rings (SSSR count). The van der Waals surface area contributed by atoms with Gasteiger partial charge in [0.15, 0.2) is 0 Å². The predicted octanol–water partition coefficient (Wildman–Crippen LogP) is 2.36. The van der Waals surface area contributed by atoms with Gasteiger partial charge < -0.3 is 14.9 Å². The number of aromatic amines is 1. The number of aromatic nitrogens is 4. The van der Waals surface area contributed by atoms with Gasteiger partial charge in [0.05, 0.1) is 11.3 Å². The summed E-state index contributed by atoms with van der Waals surface area (Å²) in [5.41, 5.74) is 2.72. The van der Waals surface area contributed by atoms with Gasteiger partial charge in [-0.2, -0.15) is 0 Å². The van der Waals surface area contributed by atoms with Crippen LogP contribution in [0.2, 0.25) is 0 Å². The third kappa shape index (κ3) is 3.98. The van der Waals surface area contributed by atoms with Gasteiger partial charge in [-0.1, -0.05) is 19.9 Å². The average Bonchev–Trinajstić information content (AvgIpc) is 3.07. The Hall–Kier alpha value is -3.62. The molecule has 32 heavy (non-hydrogen) atoms. The lowest BCUT2D eigenvalue weighted by Crippen LogP contribution is -2.49. The van der Waals surface area contributed by atoms with Gasteiger partial charge >= 0.3 is 5.69 Å². The topological polar surface area (TPSA) is 107 Å². The highest BCUT2D eigenvalue weighted by Crippen LogP contribution is 2.24. The van der Waals surface area contributed by atoms with Crippen molar-refractivity contribution in [2.45, 2.75) is 33.6 Å². The van der Waals surface area contributed by atoms with E-state index in [-0.39, 0.29) is 17.7 Å². The first-order valence-electron chi connectivity index (χ1n) is 10.7. The van der Waals surface area contributed by atoms with Gasteiger partial charge in [-0.25, -0.2) is 19.3 Å². The summed E-state index contributed by atoms with van der Waals surface area (Å²) in [7, 11) is 0. The van der Waals surface area contributed by atoms with Gasteiger partial charge in [0.2, 0.25) is 5.88 Å². The van der Waals surface area contributed by atoms with Gasteiger partial charge in [-0.05, 0) is 43.0 Å². The number of carbonyl (C=O) groups excluding carboxylic acids is 1. The molecule has 2 N–H and O–H groups in total. The third-order valence-electron chi connectivity index (χ3n) is 5.74.